The Morgan fingerprint density at radius 1 is 1.25 bits per heavy atom. The molecule has 0 bridgehead atoms. The number of carbonyl (C=O) groups is 1. The summed E-state index contributed by atoms with van der Waals surface area (Å²) in [6, 6.07) is 7.62. The first kappa shape index (κ1) is 14.1. The van der Waals surface area contributed by atoms with Crippen LogP contribution in [0.3, 0.4) is 0 Å². The van der Waals surface area contributed by atoms with Crippen LogP contribution in [-0.2, 0) is 4.79 Å². The number of amides is 1. The van der Waals surface area contributed by atoms with E-state index in [1.165, 1.54) is 5.56 Å². The number of pyridine rings is 1. The number of hydrogen-bond acceptors (Lipinski definition) is 3. The molecule has 1 aromatic carbocycles. The molecule has 1 N–H and O–H groups in total. The van der Waals surface area contributed by atoms with Crippen molar-refractivity contribution >= 4 is 11.6 Å². The Hall–Kier alpha value is -2.36. The van der Waals surface area contributed by atoms with Gasteiger partial charge in [0, 0.05) is 11.9 Å². The van der Waals surface area contributed by atoms with Crippen LogP contribution >= 0.6 is 0 Å². The Balaban J connectivity index is 1.98. The molecular weight excluding hydrogens is 252 g/mol. The first-order chi connectivity index (χ1) is 9.56. The minimum Gasteiger partial charge on any atom is -0.482 e. The highest BCUT2D eigenvalue weighted by Gasteiger charge is 2.08. The average molecular weight is 270 g/mol. The average Bonchev–Trinajstić information content (AvgIpc) is 2.42. The number of aryl methyl sites for hydroxylation is 3. The van der Waals surface area contributed by atoms with Gasteiger partial charge in [0.05, 0.1) is 6.20 Å². The Morgan fingerprint density at radius 2 is 1.95 bits per heavy atom. The maximum absolute atomic E-state index is 11.9. The van der Waals surface area contributed by atoms with Crippen LogP contribution in [0.2, 0.25) is 0 Å². The van der Waals surface area contributed by atoms with Crippen LogP contribution in [0.15, 0.2) is 36.7 Å². The first-order valence-electron chi connectivity index (χ1n) is 6.47. The molecule has 4 nitrogen and oxygen atoms in total. The Labute approximate surface area is 118 Å². The summed E-state index contributed by atoms with van der Waals surface area (Å²) in [7, 11) is 0. The molecule has 1 aromatic heterocycles. The molecule has 0 aliphatic heterocycles. The van der Waals surface area contributed by atoms with Gasteiger partial charge in [-0.25, -0.2) is 0 Å². The second kappa shape index (κ2) is 6.19. The van der Waals surface area contributed by atoms with Crippen LogP contribution in [0.5, 0.6) is 5.75 Å². The van der Waals surface area contributed by atoms with Gasteiger partial charge in [-0.05, 0) is 44.0 Å². The summed E-state index contributed by atoms with van der Waals surface area (Å²) in [6.07, 6.45) is 3.24. The summed E-state index contributed by atoms with van der Waals surface area (Å²) in [5, 5.41) is 2.89. The zero-order valence-corrected chi connectivity index (χ0v) is 11.9. The third kappa shape index (κ3) is 3.57. The maximum atomic E-state index is 11.9. The van der Waals surface area contributed by atoms with E-state index in [1.807, 2.05) is 32.9 Å². The summed E-state index contributed by atoms with van der Waals surface area (Å²) in [5.74, 6) is 0.406. The molecule has 4 heteroatoms. The van der Waals surface area contributed by atoms with E-state index in [1.54, 1.807) is 24.5 Å². The third-order valence-corrected chi connectivity index (χ3v) is 2.95. The lowest BCUT2D eigenvalue weighted by atomic mass is 10.1. The minimum atomic E-state index is -0.177. The fraction of sp³-hybridized carbons (Fsp3) is 0.250. The van der Waals surface area contributed by atoms with Crippen molar-refractivity contribution in [3.8, 4) is 5.75 Å². The minimum absolute atomic E-state index is 0.0293. The van der Waals surface area contributed by atoms with Gasteiger partial charge in [-0.3, -0.25) is 9.78 Å². The smallest absolute Gasteiger partial charge is 0.262 e. The van der Waals surface area contributed by atoms with Gasteiger partial charge in [-0.1, -0.05) is 17.7 Å². The summed E-state index contributed by atoms with van der Waals surface area (Å²) < 4.78 is 5.37. The SMILES string of the molecule is Cc1cc(C)c(NC(=O)COc2cccnc2)c(C)c1. The topological polar surface area (TPSA) is 51.2 Å². The van der Waals surface area contributed by atoms with Crippen molar-refractivity contribution in [2.24, 2.45) is 0 Å². The van der Waals surface area contributed by atoms with Crippen molar-refractivity contribution in [3.63, 3.8) is 0 Å². The van der Waals surface area contributed by atoms with Gasteiger partial charge in [0.1, 0.15) is 5.75 Å². The van der Waals surface area contributed by atoms with Crippen molar-refractivity contribution in [2.45, 2.75) is 20.8 Å². The van der Waals surface area contributed by atoms with Crippen LogP contribution in [0.1, 0.15) is 16.7 Å². The largest absolute Gasteiger partial charge is 0.482 e. The van der Waals surface area contributed by atoms with Gasteiger partial charge in [0.2, 0.25) is 0 Å². The van der Waals surface area contributed by atoms with E-state index in [4.69, 9.17) is 4.74 Å². The molecule has 104 valence electrons. The van der Waals surface area contributed by atoms with E-state index in [-0.39, 0.29) is 12.5 Å². The summed E-state index contributed by atoms with van der Waals surface area (Å²) in [5.41, 5.74) is 4.15. The van der Waals surface area contributed by atoms with Gasteiger partial charge < -0.3 is 10.1 Å². The second-order valence-electron chi connectivity index (χ2n) is 4.80. The normalized spacial score (nSPS) is 10.2. The highest BCUT2D eigenvalue weighted by atomic mass is 16.5. The lowest BCUT2D eigenvalue weighted by Gasteiger charge is -2.13. The van der Waals surface area contributed by atoms with Crippen LogP contribution in [-0.4, -0.2) is 17.5 Å². The van der Waals surface area contributed by atoms with E-state index in [9.17, 15) is 4.79 Å². The Bertz CT molecular complexity index is 586. The molecule has 0 saturated carbocycles. The number of carbonyl (C=O) groups excluding carboxylic acids is 1. The number of rotatable bonds is 4. The molecule has 1 heterocycles. The number of ether oxygens (including phenoxy) is 1. The van der Waals surface area contributed by atoms with Gasteiger partial charge in [0.15, 0.2) is 6.61 Å². The summed E-state index contributed by atoms with van der Waals surface area (Å²) in [6.45, 7) is 5.98. The molecule has 0 atom stereocenters. The van der Waals surface area contributed by atoms with Crippen LogP contribution in [0.25, 0.3) is 0 Å². The zero-order valence-electron chi connectivity index (χ0n) is 11.9. The highest BCUT2D eigenvalue weighted by Crippen LogP contribution is 2.21. The van der Waals surface area contributed by atoms with E-state index < -0.39 is 0 Å². The first-order valence-corrected chi connectivity index (χ1v) is 6.47. The zero-order chi connectivity index (χ0) is 14.5. The number of anilines is 1. The number of aromatic nitrogens is 1. The van der Waals surface area contributed by atoms with E-state index >= 15 is 0 Å². The van der Waals surface area contributed by atoms with Crippen molar-refractivity contribution < 1.29 is 9.53 Å². The predicted molar refractivity (Wildman–Crippen MR) is 79.0 cm³/mol. The van der Waals surface area contributed by atoms with Crippen LogP contribution in [0, 0.1) is 20.8 Å². The lowest BCUT2D eigenvalue weighted by Crippen LogP contribution is -2.21. The Kier molecular flexibility index (Phi) is 4.35. The number of hydrogen-bond donors (Lipinski definition) is 1. The molecular formula is C16H18N2O2. The molecule has 0 saturated heterocycles. The fourth-order valence-corrected chi connectivity index (χ4v) is 2.13. The van der Waals surface area contributed by atoms with E-state index in [0.717, 1.165) is 16.8 Å². The molecule has 0 fully saturated rings. The molecule has 20 heavy (non-hydrogen) atoms. The molecule has 0 unspecified atom stereocenters. The van der Waals surface area contributed by atoms with Gasteiger partial charge >= 0.3 is 0 Å². The quantitative estimate of drug-likeness (QED) is 0.929. The molecule has 0 aliphatic carbocycles. The Morgan fingerprint density at radius 3 is 2.55 bits per heavy atom. The monoisotopic (exact) mass is 270 g/mol. The molecule has 1 amide bonds. The summed E-state index contributed by atoms with van der Waals surface area (Å²) >= 11 is 0. The summed E-state index contributed by atoms with van der Waals surface area (Å²) in [4.78, 5) is 15.8. The van der Waals surface area contributed by atoms with E-state index in [2.05, 4.69) is 10.3 Å². The number of nitrogens with one attached hydrogen (secondary N) is 1. The third-order valence-electron chi connectivity index (χ3n) is 2.95. The van der Waals surface area contributed by atoms with E-state index in [0.29, 0.717) is 5.75 Å². The number of nitrogens with zero attached hydrogens (tertiary/aromatic N) is 1. The lowest BCUT2D eigenvalue weighted by molar-refractivity contribution is -0.118. The van der Waals surface area contributed by atoms with Crippen molar-refractivity contribution in [1.29, 1.82) is 0 Å². The van der Waals surface area contributed by atoms with Crippen molar-refractivity contribution in [3.05, 3.63) is 53.3 Å². The van der Waals surface area contributed by atoms with Crippen LogP contribution in [0.4, 0.5) is 5.69 Å². The second-order valence-corrected chi connectivity index (χ2v) is 4.80. The highest BCUT2D eigenvalue weighted by molar-refractivity contribution is 5.93. The molecule has 2 aromatic rings. The fourth-order valence-electron chi connectivity index (χ4n) is 2.13. The molecule has 2 rings (SSSR count). The van der Waals surface area contributed by atoms with Gasteiger partial charge in [-0.2, -0.15) is 0 Å². The van der Waals surface area contributed by atoms with Crippen LogP contribution < -0.4 is 10.1 Å². The van der Waals surface area contributed by atoms with Gasteiger partial charge in [0.25, 0.3) is 5.91 Å². The maximum Gasteiger partial charge on any atom is 0.262 e. The molecule has 0 aliphatic rings. The predicted octanol–water partition coefficient (Wildman–Crippen LogP) is 3.02. The van der Waals surface area contributed by atoms with Crippen molar-refractivity contribution in [2.75, 3.05) is 11.9 Å². The standard InChI is InChI=1S/C16H18N2O2/c1-11-7-12(2)16(13(3)8-11)18-15(19)10-20-14-5-4-6-17-9-14/h4-9H,10H2,1-3H3,(H,18,19). The molecule has 0 radical (unpaired) electrons. The molecule has 0 spiro atoms. The van der Waals surface area contributed by atoms with Crippen molar-refractivity contribution in [1.82, 2.24) is 4.98 Å². The number of benzene rings is 1. The van der Waals surface area contributed by atoms with Gasteiger partial charge in [-0.15, -0.1) is 0 Å².